The van der Waals surface area contributed by atoms with Crippen LogP contribution in [0.25, 0.3) is 0 Å². The molecule has 0 aliphatic heterocycles. The van der Waals surface area contributed by atoms with E-state index in [1.165, 1.54) is 0 Å². The highest BCUT2D eigenvalue weighted by Gasteiger charge is 2.21. The van der Waals surface area contributed by atoms with Crippen molar-refractivity contribution in [1.82, 2.24) is 4.98 Å². The lowest BCUT2D eigenvalue weighted by Gasteiger charge is -2.19. The average molecular weight is 291 g/mol. The van der Waals surface area contributed by atoms with Gasteiger partial charge in [-0.1, -0.05) is 42.5 Å². The van der Waals surface area contributed by atoms with Crippen molar-refractivity contribution in [3.63, 3.8) is 0 Å². The van der Waals surface area contributed by atoms with Crippen LogP contribution in [0.2, 0.25) is 0 Å². The molecule has 1 heterocycles. The Morgan fingerprint density at radius 2 is 1.55 bits per heavy atom. The van der Waals surface area contributed by atoms with Crippen molar-refractivity contribution in [2.75, 3.05) is 7.11 Å². The third-order valence-corrected chi connectivity index (χ3v) is 3.67. The van der Waals surface area contributed by atoms with Gasteiger partial charge in [0.25, 0.3) is 0 Å². The molecule has 0 fully saturated rings. The molecular formula is C19H17NO2. The normalized spacial score (nSPS) is 11.9. The van der Waals surface area contributed by atoms with Gasteiger partial charge in [-0.05, 0) is 35.4 Å². The predicted molar refractivity (Wildman–Crippen MR) is 86.3 cm³/mol. The molecule has 3 aromatic rings. The van der Waals surface area contributed by atoms with Gasteiger partial charge in [0.05, 0.1) is 18.7 Å². The molecule has 0 radical (unpaired) electrons. The average Bonchev–Trinajstić information content (AvgIpc) is 2.58. The van der Waals surface area contributed by atoms with E-state index in [1.54, 1.807) is 25.4 Å². The summed E-state index contributed by atoms with van der Waals surface area (Å²) in [7, 11) is 1.65. The molecule has 1 atom stereocenters. The summed E-state index contributed by atoms with van der Waals surface area (Å²) in [4.78, 5) is 4.39. The van der Waals surface area contributed by atoms with E-state index in [4.69, 9.17) is 4.74 Å². The highest BCUT2D eigenvalue weighted by molar-refractivity contribution is 5.46. The fourth-order valence-corrected chi connectivity index (χ4v) is 2.58. The van der Waals surface area contributed by atoms with Crippen LogP contribution in [0, 0.1) is 0 Å². The van der Waals surface area contributed by atoms with Crippen LogP contribution < -0.4 is 4.74 Å². The van der Waals surface area contributed by atoms with Crippen molar-refractivity contribution < 1.29 is 9.84 Å². The van der Waals surface area contributed by atoms with Crippen LogP contribution in [0.5, 0.6) is 11.5 Å². The summed E-state index contributed by atoms with van der Waals surface area (Å²) in [6.45, 7) is 0. The van der Waals surface area contributed by atoms with Crippen LogP contribution in [0.3, 0.4) is 0 Å². The first-order chi connectivity index (χ1) is 10.8. The van der Waals surface area contributed by atoms with Gasteiger partial charge in [0.1, 0.15) is 11.5 Å². The third-order valence-electron chi connectivity index (χ3n) is 3.67. The molecule has 0 unspecified atom stereocenters. The lowest BCUT2D eigenvalue weighted by atomic mass is 9.87. The van der Waals surface area contributed by atoms with Gasteiger partial charge < -0.3 is 9.84 Å². The Morgan fingerprint density at radius 3 is 2.18 bits per heavy atom. The van der Waals surface area contributed by atoms with Crippen LogP contribution in [0.1, 0.15) is 22.7 Å². The number of nitrogens with zero attached hydrogens (tertiary/aromatic N) is 1. The van der Waals surface area contributed by atoms with Gasteiger partial charge >= 0.3 is 0 Å². The zero-order valence-corrected chi connectivity index (χ0v) is 12.3. The summed E-state index contributed by atoms with van der Waals surface area (Å²) < 4.78 is 5.22. The molecule has 0 spiro atoms. The third kappa shape index (κ3) is 2.79. The fraction of sp³-hybridized carbons (Fsp3) is 0.105. The van der Waals surface area contributed by atoms with Crippen molar-refractivity contribution in [3.8, 4) is 11.5 Å². The van der Waals surface area contributed by atoms with Gasteiger partial charge in [0, 0.05) is 6.20 Å². The van der Waals surface area contributed by atoms with E-state index in [0.717, 1.165) is 16.9 Å². The number of pyridine rings is 1. The Bertz CT molecular complexity index is 739. The first kappa shape index (κ1) is 14.1. The number of aromatic nitrogens is 1. The van der Waals surface area contributed by atoms with Crippen LogP contribution in [-0.2, 0) is 0 Å². The zero-order valence-electron chi connectivity index (χ0n) is 12.3. The molecular weight excluding hydrogens is 274 g/mol. The Hall–Kier alpha value is -2.81. The summed E-state index contributed by atoms with van der Waals surface area (Å²) >= 11 is 0. The molecule has 3 rings (SSSR count). The second-order valence-electron chi connectivity index (χ2n) is 5.02. The van der Waals surface area contributed by atoms with Crippen LogP contribution in [-0.4, -0.2) is 17.2 Å². The number of hydrogen-bond acceptors (Lipinski definition) is 3. The maximum Gasteiger partial charge on any atom is 0.138 e. The summed E-state index contributed by atoms with van der Waals surface area (Å²) in [6, 6.07) is 21.3. The molecule has 3 heteroatoms. The number of aromatic hydroxyl groups is 1. The van der Waals surface area contributed by atoms with E-state index in [-0.39, 0.29) is 11.7 Å². The molecule has 3 nitrogen and oxygen atoms in total. The minimum atomic E-state index is -0.117. The maximum absolute atomic E-state index is 10.2. The smallest absolute Gasteiger partial charge is 0.138 e. The van der Waals surface area contributed by atoms with Gasteiger partial charge in [-0.3, -0.25) is 4.98 Å². The van der Waals surface area contributed by atoms with Gasteiger partial charge in [-0.2, -0.15) is 0 Å². The number of hydrogen-bond donors (Lipinski definition) is 1. The number of ether oxygens (including phenoxy) is 1. The van der Waals surface area contributed by atoms with Gasteiger partial charge in [0.2, 0.25) is 0 Å². The highest BCUT2D eigenvalue weighted by atomic mass is 16.5. The SMILES string of the molecule is COc1ccc([C@@H](c2ccccc2)c2ncccc2O)cc1. The molecule has 0 aliphatic carbocycles. The molecule has 1 N–H and O–H groups in total. The Labute approximate surface area is 129 Å². The molecule has 0 saturated carbocycles. The first-order valence-electron chi connectivity index (χ1n) is 7.12. The highest BCUT2D eigenvalue weighted by Crippen LogP contribution is 2.35. The fourth-order valence-electron chi connectivity index (χ4n) is 2.58. The molecule has 0 amide bonds. The van der Waals surface area contributed by atoms with E-state index in [1.807, 2.05) is 54.6 Å². The van der Waals surface area contributed by atoms with Crippen molar-refractivity contribution in [1.29, 1.82) is 0 Å². The van der Waals surface area contributed by atoms with Crippen molar-refractivity contribution in [2.24, 2.45) is 0 Å². The van der Waals surface area contributed by atoms with Crippen molar-refractivity contribution in [2.45, 2.75) is 5.92 Å². The van der Waals surface area contributed by atoms with Crippen LogP contribution in [0.4, 0.5) is 0 Å². The van der Waals surface area contributed by atoms with E-state index in [0.29, 0.717) is 5.69 Å². The molecule has 1 aromatic heterocycles. The Kier molecular flexibility index (Phi) is 4.05. The molecule has 2 aromatic carbocycles. The second kappa shape index (κ2) is 6.31. The number of rotatable bonds is 4. The second-order valence-corrected chi connectivity index (χ2v) is 5.02. The Morgan fingerprint density at radius 1 is 0.864 bits per heavy atom. The monoisotopic (exact) mass is 291 g/mol. The first-order valence-corrected chi connectivity index (χ1v) is 7.12. The molecule has 0 saturated heterocycles. The lowest BCUT2D eigenvalue weighted by molar-refractivity contribution is 0.414. The summed E-state index contributed by atoms with van der Waals surface area (Å²) in [5, 5.41) is 10.2. The number of methoxy groups -OCH3 is 1. The van der Waals surface area contributed by atoms with Crippen LogP contribution >= 0.6 is 0 Å². The molecule has 110 valence electrons. The van der Waals surface area contributed by atoms with Crippen molar-refractivity contribution >= 4 is 0 Å². The van der Waals surface area contributed by atoms with Gasteiger partial charge in [0.15, 0.2) is 0 Å². The van der Waals surface area contributed by atoms with Gasteiger partial charge in [-0.15, -0.1) is 0 Å². The lowest BCUT2D eigenvalue weighted by Crippen LogP contribution is -2.05. The Balaban J connectivity index is 2.12. The van der Waals surface area contributed by atoms with Gasteiger partial charge in [-0.25, -0.2) is 0 Å². The molecule has 0 aliphatic rings. The molecule has 0 bridgehead atoms. The number of benzene rings is 2. The van der Waals surface area contributed by atoms with E-state index >= 15 is 0 Å². The van der Waals surface area contributed by atoms with E-state index < -0.39 is 0 Å². The zero-order chi connectivity index (χ0) is 15.4. The maximum atomic E-state index is 10.2. The predicted octanol–water partition coefficient (Wildman–Crippen LogP) is 3.98. The van der Waals surface area contributed by atoms with E-state index in [2.05, 4.69) is 4.98 Å². The quantitative estimate of drug-likeness (QED) is 0.790. The topological polar surface area (TPSA) is 42.4 Å². The minimum Gasteiger partial charge on any atom is -0.506 e. The standard InChI is InChI=1S/C19H17NO2/c1-22-16-11-9-15(10-12-16)18(14-6-3-2-4-7-14)19-17(21)8-5-13-20-19/h2-13,18,21H,1H3/t18-/m1/s1. The van der Waals surface area contributed by atoms with E-state index in [9.17, 15) is 5.11 Å². The van der Waals surface area contributed by atoms with Crippen molar-refractivity contribution in [3.05, 3.63) is 89.7 Å². The van der Waals surface area contributed by atoms with Crippen LogP contribution in [0.15, 0.2) is 72.9 Å². The molecule has 22 heavy (non-hydrogen) atoms. The summed E-state index contributed by atoms with van der Waals surface area (Å²) in [5.41, 5.74) is 2.79. The summed E-state index contributed by atoms with van der Waals surface area (Å²) in [5.74, 6) is 0.890. The minimum absolute atomic E-state index is 0.117. The summed E-state index contributed by atoms with van der Waals surface area (Å²) in [6.07, 6.45) is 1.70. The largest absolute Gasteiger partial charge is 0.506 e.